The first kappa shape index (κ1) is 15.7. The van der Waals surface area contributed by atoms with Gasteiger partial charge in [-0.05, 0) is 36.8 Å². The number of nitrogens with zero attached hydrogens (tertiary/aromatic N) is 2. The summed E-state index contributed by atoms with van der Waals surface area (Å²) >= 11 is 1.27. The maximum Gasteiger partial charge on any atom is 0.271 e. The van der Waals surface area contributed by atoms with Crippen molar-refractivity contribution >= 4 is 27.0 Å². The number of benzene rings is 1. The van der Waals surface area contributed by atoms with Crippen LogP contribution >= 0.6 is 11.3 Å². The molecule has 3 aromatic rings. The first-order chi connectivity index (χ1) is 11.0. The summed E-state index contributed by atoms with van der Waals surface area (Å²) in [6, 6.07) is 10.3. The maximum absolute atomic E-state index is 12.4. The van der Waals surface area contributed by atoms with E-state index >= 15 is 0 Å². The Morgan fingerprint density at radius 2 is 2.04 bits per heavy atom. The van der Waals surface area contributed by atoms with E-state index in [4.69, 9.17) is 4.42 Å². The lowest BCUT2D eigenvalue weighted by Crippen LogP contribution is -2.11. The van der Waals surface area contributed by atoms with Gasteiger partial charge in [-0.15, -0.1) is 21.5 Å². The summed E-state index contributed by atoms with van der Waals surface area (Å²) in [5, 5.41) is 7.71. The second-order valence-corrected chi connectivity index (χ2v) is 7.96. The van der Waals surface area contributed by atoms with Gasteiger partial charge in [0.15, 0.2) is 0 Å². The molecule has 8 heteroatoms. The Morgan fingerprint density at radius 3 is 2.70 bits per heavy atom. The van der Waals surface area contributed by atoms with E-state index in [0.717, 1.165) is 11.3 Å². The van der Waals surface area contributed by atoms with Crippen LogP contribution in [0.4, 0.5) is 5.69 Å². The monoisotopic (exact) mass is 349 g/mol. The van der Waals surface area contributed by atoms with Gasteiger partial charge in [-0.25, -0.2) is 8.42 Å². The number of anilines is 1. The van der Waals surface area contributed by atoms with Crippen molar-refractivity contribution < 1.29 is 12.8 Å². The van der Waals surface area contributed by atoms with E-state index in [2.05, 4.69) is 14.9 Å². The van der Waals surface area contributed by atoms with Gasteiger partial charge in [-0.1, -0.05) is 13.0 Å². The molecule has 120 valence electrons. The van der Waals surface area contributed by atoms with E-state index in [0.29, 0.717) is 27.2 Å². The van der Waals surface area contributed by atoms with Gasteiger partial charge in [0.1, 0.15) is 4.21 Å². The number of rotatable bonds is 5. The van der Waals surface area contributed by atoms with Crippen LogP contribution in [0.5, 0.6) is 0 Å². The molecule has 1 aromatic carbocycles. The second-order valence-electron chi connectivity index (χ2n) is 4.89. The molecule has 0 unspecified atom stereocenters. The van der Waals surface area contributed by atoms with Crippen LogP contribution in [0.3, 0.4) is 0 Å². The molecule has 0 saturated carbocycles. The molecule has 0 fully saturated rings. The van der Waals surface area contributed by atoms with E-state index in [1.165, 1.54) is 11.3 Å². The molecule has 2 aromatic heterocycles. The minimum atomic E-state index is -3.59. The maximum atomic E-state index is 12.4. The third-order valence-corrected chi connectivity index (χ3v) is 6.24. The lowest BCUT2D eigenvalue weighted by Gasteiger charge is -2.07. The zero-order chi connectivity index (χ0) is 16.4. The molecule has 0 spiro atoms. The van der Waals surface area contributed by atoms with Gasteiger partial charge in [0.2, 0.25) is 11.8 Å². The first-order valence-corrected chi connectivity index (χ1v) is 9.30. The highest BCUT2D eigenvalue weighted by atomic mass is 32.2. The van der Waals surface area contributed by atoms with Gasteiger partial charge in [0.25, 0.3) is 10.0 Å². The van der Waals surface area contributed by atoms with Gasteiger partial charge >= 0.3 is 0 Å². The molecule has 0 bridgehead atoms. The zero-order valence-electron chi connectivity index (χ0n) is 12.6. The highest BCUT2D eigenvalue weighted by Crippen LogP contribution is 2.26. The number of thiophene rings is 1. The average Bonchev–Trinajstić information content (AvgIpc) is 3.16. The van der Waals surface area contributed by atoms with Crippen molar-refractivity contribution in [2.24, 2.45) is 0 Å². The summed E-state index contributed by atoms with van der Waals surface area (Å²) in [4.78, 5) is 1.03. The van der Waals surface area contributed by atoms with Crippen LogP contribution in [0.15, 0.2) is 45.0 Å². The SMILES string of the molecule is CCc1ccc(S(=O)(=O)Nc2cccc(-c3nnc(C)o3)c2)s1. The molecule has 23 heavy (non-hydrogen) atoms. The Morgan fingerprint density at radius 1 is 1.22 bits per heavy atom. The standard InChI is InChI=1S/C15H15N3O3S2/c1-3-13-7-8-14(22-13)23(19,20)18-12-6-4-5-11(9-12)15-17-16-10(2)21-15/h4-9,18H,3H2,1-2H3. The third kappa shape index (κ3) is 3.43. The van der Waals surface area contributed by atoms with Gasteiger partial charge in [-0.3, -0.25) is 4.72 Å². The number of nitrogens with one attached hydrogen (secondary N) is 1. The molecule has 0 amide bonds. The molecule has 0 saturated heterocycles. The van der Waals surface area contributed by atoms with Crippen molar-refractivity contribution in [3.05, 3.63) is 47.2 Å². The Balaban J connectivity index is 1.88. The van der Waals surface area contributed by atoms with Crippen molar-refractivity contribution in [1.82, 2.24) is 10.2 Å². The Kier molecular flexibility index (Phi) is 4.18. The fourth-order valence-electron chi connectivity index (χ4n) is 2.03. The zero-order valence-corrected chi connectivity index (χ0v) is 14.2. The van der Waals surface area contributed by atoms with Crippen LogP contribution in [-0.2, 0) is 16.4 Å². The Bertz CT molecular complexity index is 929. The van der Waals surface area contributed by atoms with Crippen LogP contribution in [0.25, 0.3) is 11.5 Å². The summed E-state index contributed by atoms with van der Waals surface area (Å²) in [5.74, 6) is 0.810. The largest absolute Gasteiger partial charge is 0.421 e. The van der Waals surface area contributed by atoms with Crippen LogP contribution in [0, 0.1) is 6.92 Å². The summed E-state index contributed by atoms with van der Waals surface area (Å²) in [6.45, 7) is 3.69. The highest BCUT2D eigenvalue weighted by molar-refractivity contribution is 7.94. The molecular weight excluding hydrogens is 334 g/mol. The van der Waals surface area contributed by atoms with E-state index < -0.39 is 10.0 Å². The van der Waals surface area contributed by atoms with Gasteiger partial charge in [-0.2, -0.15) is 0 Å². The van der Waals surface area contributed by atoms with Crippen LogP contribution < -0.4 is 4.72 Å². The predicted molar refractivity (Wildman–Crippen MR) is 89.0 cm³/mol. The normalized spacial score (nSPS) is 11.6. The van der Waals surface area contributed by atoms with Gasteiger partial charge < -0.3 is 4.42 Å². The minimum Gasteiger partial charge on any atom is -0.421 e. The topological polar surface area (TPSA) is 85.1 Å². The quantitative estimate of drug-likeness (QED) is 0.762. The molecule has 6 nitrogen and oxygen atoms in total. The van der Waals surface area contributed by atoms with Crippen LogP contribution in [0.2, 0.25) is 0 Å². The van der Waals surface area contributed by atoms with E-state index in [1.807, 2.05) is 13.0 Å². The number of hydrogen-bond acceptors (Lipinski definition) is 6. The molecule has 2 heterocycles. The lowest BCUT2D eigenvalue weighted by atomic mass is 10.2. The van der Waals surface area contributed by atoms with Crippen molar-refractivity contribution in [3.8, 4) is 11.5 Å². The first-order valence-electron chi connectivity index (χ1n) is 7.00. The predicted octanol–water partition coefficient (Wildman–Crippen LogP) is 3.47. The van der Waals surface area contributed by atoms with Crippen molar-refractivity contribution in [2.45, 2.75) is 24.5 Å². The molecule has 0 aliphatic carbocycles. The molecule has 0 aliphatic heterocycles. The minimum absolute atomic E-state index is 0.299. The van der Waals surface area contributed by atoms with Crippen LogP contribution in [-0.4, -0.2) is 18.6 Å². The summed E-state index contributed by atoms with van der Waals surface area (Å²) < 4.78 is 33.1. The number of sulfonamides is 1. The molecule has 3 rings (SSSR count). The van der Waals surface area contributed by atoms with Crippen molar-refractivity contribution in [1.29, 1.82) is 0 Å². The Hall–Kier alpha value is -2.19. The van der Waals surface area contributed by atoms with Crippen molar-refractivity contribution in [3.63, 3.8) is 0 Å². The molecule has 0 aliphatic rings. The molecule has 1 N–H and O–H groups in total. The summed E-state index contributed by atoms with van der Waals surface area (Å²) in [6.07, 6.45) is 0.812. The fraction of sp³-hybridized carbons (Fsp3) is 0.200. The summed E-state index contributed by atoms with van der Waals surface area (Å²) in [7, 11) is -3.59. The molecular formula is C15H15N3O3S2. The molecule has 0 radical (unpaired) electrons. The van der Waals surface area contributed by atoms with E-state index in [1.54, 1.807) is 37.3 Å². The third-order valence-electron chi connectivity index (χ3n) is 3.14. The highest BCUT2D eigenvalue weighted by Gasteiger charge is 2.17. The van der Waals surface area contributed by atoms with Gasteiger partial charge in [0, 0.05) is 23.1 Å². The summed E-state index contributed by atoms with van der Waals surface area (Å²) in [5.41, 5.74) is 1.11. The fourth-order valence-corrected chi connectivity index (χ4v) is 4.37. The van der Waals surface area contributed by atoms with Crippen molar-refractivity contribution in [2.75, 3.05) is 4.72 Å². The van der Waals surface area contributed by atoms with Gasteiger partial charge in [0.05, 0.1) is 0 Å². The van der Waals surface area contributed by atoms with E-state index in [9.17, 15) is 8.42 Å². The average molecular weight is 349 g/mol. The number of aromatic nitrogens is 2. The number of aryl methyl sites for hydroxylation is 2. The number of hydrogen-bond donors (Lipinski definition) is 1. The smallest absolute Gasteiger partial charge is 0.271 e. The molecule has 0 atom stereocenters. The second kappa shape index (κ2) is 6.13. The van der Waals surface area contributed by atoms with Crippen LogP contribution in [0.1, 0.15) is 17.7 Å². The Labute approximate surface area is 138 Å². The van der Waals surface area contributed by atoms with E-state index in [-0.39, 0.29) is 0 Å². The lowest BCUT2D eigenvalue weighted by molar-refractivity contribution is 0.533.